The van der Waals surface area contributed by atoms with Crippen molar-refractivity contribution in [3.8, 4) is 0 Å². The van der Waals surface area contributed by atoms with Crippen molar-refractivity contribution in [2.45, 2.75) is 44.1 Å². The minimum atomic E-state index is -0.628. The molecule has 2 aliphatic rings. The van der Waals surface area contributed by atoms with E-state index < -0.39 is 5.60 Å². The van der Waals surface area contributed by atoms with E-state index in [9.17, 15) is 9.90 Å². The van der Waals surface area contributed by atoms with Gasteiger partial charge in [0, 0.05) is 19.5 Å². The molecule has 0 aromatic heterocycles. The van der Waals surface area contributed by atoms with Crippen LogP contribution in [0.15, 0.2) is 0 Å². The molecule has 1 heterocycles. The number of hydrogen-bond acceptors (Lipinski definition) is 3. The van der Waals surface area contributed by atoms with Crippen LogP contribution in [0.1, 0.15) is 38.5 Å². The van der Waals surface area contributed by atoms with Crippen LogP contribution in [0.25, 0.3) is 0 Å². The van der Waals surface area contributed by atoms with Crippen LogP contribution in [-0.4, -0.2) is 41.1 Å². The van der Waals surface area contributed by atoms with Gasteiger partial charge in [0.2, 0.25) is 5.91 Å². The standard InChI is InChI=1S/C12H22N2O2/c13-7-10-6-11(15)14(8-10)9-12(16)4-2-1-3-5-12/h10,16H,1-9,13H2. The number of nitrogens with zero attached hydrogens (tertiary/aromatic N) is 1. The van der Waals surface area contributed by atoms with Crippen LogP contribution in [0.5, 0.6) is 0 Å². The van der Waals surface area contributed by atoms with Gasteiger partial charge in [-0.15, -0.1) is 0 Å². The summed E-state index contributed by atoms with van der Waals surface area (Å²) in [5.41, 5.74) is 4.96. The first-order chi connectivity index (χ1) is 7.63. The van der Waals surface area contributed by atoms with E-state index in [1.807, 2.05) is 4.90 Å². The van der Waals surface area contributed by atoms with Crippen molar-refractivity contribution in [1.29, 1.82) is 0 Å². The van der Waals surface area contributed by atoms with E-state index in [1.165, 1.54) is 6.42 Å². The lowest BCUT2D eigenvalue weighted by Crippen LogP contribution is -2.45. The van der Waals surface area contributed by atoms with Gasteiger partial charge in [0.1, 0.15) is 0 Å². The summed E-state index contributed by atoms with van der Waals surface area (Å²) in [4.78, 5) is 13.5. The fraction of sp³-hybridized carbons (Fsp3) is 0.917. The van der Waals surface area contributed by atoms with Crippen molar-refractivity contribution in [3.05, 3.63) is 0 Å². The fourth-order valence-electron chi connectivity index (χ4n) is 2.89. The largest absolute Gasteiger partial charge is 0.388 e. The lowest BCUT2D eigenvalue weighted by molar-refractivity contribution is -0.131. The molecular weight excluding hydrogens is 204 g/mol. The van der Waals surface area contributed by atoms with Crippen molar-refractivity contribution >= 4 is 5.91 Å². The lowest BCUT2D eigenvalue weighted by atomic mass is 9.84. The predicted octanol–water partition coefficient (Wildman–Crippen LogP) is 0.489. The average Bonchev–Trinajstić information content (AvgIpc) is 2.60. The molecule has 2 rings (SSSR count). The zero-order chi connectivity index (χ0) is 11.6. The molecule has 4 heteroatoms. The number of nitrogens with two attached hydrogens (primary N) is 1. The zero-order valence-corrected chi connectivity index (χ0v) is 9.82. The monoisotopic (exact) mass is 226 g/mol. The summed E-state index contributed by atoms with van der Waals surface area (Å²) in [5, 5.41) is 10.4. The molecule has 1 saturated carbocycles. The van der Waals surface area contributed by atoms with Crippen molar-refractivity contribution < 1.29 is 9.90 Å². The summed E-state index contributed by atoms with van der Waals surface area (Å²) in [6.45, 7) is 1.82. The SMILES string of the molecule is NCC1CC(=O)N(CC2(O)CCCCC2)C1. The van der Waals surface area contributed by atoms with Crippen molar-refractivity contribution in [2.75, 3.05) is 19.6 Å². The maximum atomic E-state index is 11.7. The van der Waals surface area contributed by atoms with Gasteiger partial charge in [0.05, 0.1) is 5.60 Å². The first-order valence-corrected chi connectivity index (χ1v) is 6.33. The molecule has 92 valence electrons. The number of β-amino-alcohol motifs (C(OH)–C–C–N with tert-alkyl or cyclic N) is 1. The highest BCUT2D eigenvalue weighted by atomic mass is 16.3. The molecule has 1 saturated heterocycles. The van der Waals surface area contributed by atoms with Gasteiger partial charge in [0.25, 0.3) is 0 Å². The molecule has 3 N–H and O–H groups in total. The summed E-state index contributed by atoms with van der Waals surface area (Å²) < 4.78 is 0. The molecule has 2 fully saturated rings. The molecule has 16 heavy (non-hydrogen) atoms. The molecule has 1 unspecified atom stereocenters. The van der Waals surface area contributed by atoms with E-state index in [4.69, 9.17) is 5.73 Å². The molecule has 1 aliphatic carbocycles. The Morgan fingerprint density at radius 2 is 2.06 bits per heavy atom. The second-order valence-electron chi connectivity index (χ2n) is 5.37. The number of likely N-dealkylation sites (tertiary alicyclic amines) is 1. The normalized spacial score (nSPS) is 29.8. The van der Waals surface area contributed by atoms with Crippen LogP contribution in [0.2, 0.25) is 0 Å². The van der Waals surface area contributed by atoms with E-state index in [0.29, 0.717) is 25.4 Å². The molecular formula is C12H22N2O2. The Balaban J connectivity index is 1.91. The Bertz CT molecular complexity index is 262. The molecule has 4 nitrogen and oxygen atoms in total. The Morgan fingerprint density at radius 1 is 1.38 bits per heavy atom. The zero-order valence-electron chi connectivity index (χ0n) is 9.82. The minimum absolute atomic E-state index is 0.162. The van der Waals surface area contributed by atoms with Crippen molar-refractivity contribution in [3.63, 3.8) is 0 Å². The minimum Gasteiger partial charge on any atom is -0.388 e. The fourth-order valence-corrected chi connectivity index (χ4v) is 2.89. The molecule has 0 aromatic rings. The van der Waals surface area contributed by atoms with E-state index in [2.05, 4.69) is 0 Å². The van der Waals surface area contributed by atoms with Crippen LogP contribution >= 0.6 is 0 Å². The number of hydrogen-bond donors (Lipinski definition) is 2. The highest BCUT2D eigenvalue weighted by molar-refractivity contribution is 5.78. The smallest absolute Gasteiger partial charge is 0.223 e. The van der Waals surface area contributed by atoms with Gasteiger partial charge in [-0.25, -0.2) is 0 Å². The molecule has 0 aromatic carbocycles. The highest BCUT2D eigenvalue weighted by Gasteiger charge is 2.36. The summed E-state index contributed by atoms with van der Waals surface area (Å²) in [6.07, 6.45) is 5.61. The predicted molar refractivity (Wildman–Crippen MR) is 61.8 cm³/mol. The van der Waals surface area contributed by atoms with Gasteiger partial charge in [-0.05, 0) is 25.3 Å². The van der Waals surface area contributed by atoms with Gasteiger partial charge >= 0.3 is 0 Å². The Morgan fingerprint density at radius 3 is 2.62 bits per heavy atom. The molecule has 0 spiro atoms. The van der Waals surface area contributed by atoms with Gasteiger partial charge in [-0.1, -0.05) is 19.3 Å². The molecule has 1 atom stereocenters. The molecule has 1 aliphatic heterocycles. The van der Waals surface area contributed by atoms with Crippen molar-refractivity contribution in [1.82, 2.24) is 4.90 Å². The Kier molecular flexibility index (Phi) is 3.50. The quantitative estimate of drug-likeness (QED) is 0.736. The van der Waals surface area contributed by atoms with E-state index in [0.717, 1.165) is 32.2 Å². The van der Waals surface area contributed by atoms with Gasteiger partial charge < -0.3 is 15.7 Å². The van der Waals surface area contributed by atoms with Gasteiger partial charge in [-0.2, -0.15) is 0 Å². The maximum absolute atomic E-state index is 11.7. The maximum Gasteiger partial charge on any atom is 0.223 e. The summed E-state index contributed by atoms with van der Waals surface area (Å²) in [6, 6.07) is 0. The summed E-state index contributed by atoms with van der Waals surface area (Å²) >= 11 is 0. The number of carbonyl (C=O) groups is 1. The van der Waals surface area contributed by atoms with Crippen LogP contribution in [-0.2, 0) is 4.79 Å². The highest BCUT2D eigenvalue weighted by Crippen LogP contribution is 2.30. The van der Waals surface area contributed by atoms with E-state index in [-0.39, 0.29) is 5.91 Å². The summed E-state index contributed by atoms with van der Waals surface area (Å²) in [5.74, 6) is 0.453. The molecule has 0 bridgehead atoms. The Labute approximate surface area is 96.8 Å². The third kappa shape index (κ3) is 2.55. The third-order valence-electron chi connectivity index (χ3n) is 3.90. The van der Waals surface area contributed by atoms with Crippen LogP contribution in [0.4, 0.5) is 0 Å². The van der Waals surface area contributed by atoms with E-state index in [1.54, 1.807) is 0 Å². The number of rotatable bonds is 3. The second-order valence-corrected chi connectivity index (χ2v) is 5.37. The number of amides is 1. The number of carbonyl (C=O) groups excluding carboxylic acids is 1. The number of aliphatic hydroxyl groups is 1. The first kappa shape index (κ1) is 11.9. The van der Waals surface area contributed by atoms with Crippen molar-refractivity contribution in [2.24, 2.45) is 11.7 Å². The third-order valence-corrected chi connectivity index (χ3v) is 3.90. The average molecular weight is 226 g/mol. The Hall–Kier alpha value is -0.610. The summed E-state index contributed by atoms with van der Waals surface area (Å²) in [7, 11) is 0. The molecule has 1 amide bonds. The second kappa shape index (κ2) is 4.72. The van der Waals surface area contributed by atoms with Gasteiger partial charge in [-0.3, -0.25) is 4.79 Å². The van der Waals surface area contributed by atoms with E-state index >= 15 is 0 Å². The van der Waals surface area contributed by atoms with Crippen LogP contribution < -0.4 is 5.73 Å². The topological polar surface area (TPSA) is 66.6 Å². The van der Waals surface area contributed by atoms with Crippen LogP contribution in [0, 0.1) is 5.92 Å². The van der Waals surface area contributed by atoms with Crippen LogP contribution in [0.3, 0.4) is 0 Å². The van der Waals surface area contributed by atoms with Gasteiger partial charge in [0.15, 0.2) is 0 Å². The lowest BCUT2D eigenvalue weighted by Gasteiger charge is -2.35. The first-order valence-electron chi connectivity index (χ1n) is 6.33. The molecule has 0 radical (unpaired) electrons.